The second-order valence-electron chi connectivity index (χ2n) is 19.5. The number of anilines is 16. The molecule has 0 saturated carbocycles. The number of para-hydroxylation sites is 6. The quantitative estimate of drug-likeness (QED) is 0.0331. The van der Waals surface area contributed by atoms with Gasteiger partial charge < -0.3 is 42.5 Å². The van der Waals surface area contributed by atoms with Crippen LogP contribution in [0.3, 0.4) is 0 Å². The van der Waals surface area contributed by atoms with Crippen LogP contribution < -0.4 is 42.5 Å². The van der Waals surface area contributed by atoms with Gasteiger partial charge in [-0.1, -0.05) is 164 Å². The van der Waals surface area contributed by atoms with Gasteiger partial charge in [-0.25, -0.2) is 39.9 Å². The Balaban J connectivity index is 0.000000156. The van der Waals surface area contributed by atoms with Gasteiger partial charge in [0.05, 0.1) is 0 Å². The Morgan fingerprint density at radius 1 is 0.215 bits per heavy atom. The number of hydrogen-bond acceptors (Lipinski definition) is 20. The molecule has 0 spiro atoms. The van der Waals surface area contributed by atoms with Crippen molar-refractivity contribution in [3.63, 3.8) is 0 Å². The fraction of sp³-hybridized carbons (Fsp3) is 0. The summed E-state index contributed by atoms with van der Waals surface area (Å²) in [6.45, 7) is 0. The summed E-state index contributed by atoms with van der Waals surface area (Å²) in [5.41, 5.74) is 9.75. The standard InChI is InChI=1S/C30H22Br2N8.C30H24N8.C6Cl4N4.BrH/c31-19-11-15-23(16-12-19)35-29-38-26-25(27(39-29)33-21-7-3-1-4-8-21)37-30(36-24-17-13-20(32)14-18-24)40-28(26)34-22-9-5-2-6-10-22;1-5-13-21(14-6-1)31-27-25-26(36-29(37-27)33-23-17-9-3-10-18-23)28(32-22-15-7-2-8-16-22)38-30(35-25)34-24-19-11-4-12-20-24;7-3-1-2(12-6(10)13-3)4(8)14-5(9)11-1;/h1-18H,(H2,33,35,38,39)(H2,34,36,37,40);1-20H,(H2,31,33,36,37)(H2,32,34,35,38);;1H. The lowest BCUT2D eigenvalue weighted by Crippen LogP contribution is -2.08. The maximum absolute atomic E-state index is 5.76. The van der Waals surface area contributed by atoms with E-state index in [1.807, 2.05) is 231 Å². The first-order valence-electron chi connectivity index (χ1n) is 27.9. The summed E-state index contributed by atoms with van der Waals surface area (Å²) >= 11 is 29.7. The van der Waals surface area contributed by atoms with E-state index in [0.717, 1.165) is 54.4 Å². The summed E-state index contributed by atoms with van der Waals surface area (Å²) in [5.74, 6) is 3.82. The molecular weight excluding hydrogens is 1450 g/mol. The molecule has 0 fully saturated rings. The van der Waals surface area contributed by atoms with Crippen molar-refractivity contribution in [3.8, 4) is 0 Å². The van der Waals surface area contributed by atoms with Crippen LogP contribution in [0.15, 0.2) is 239 Å². The van der Waals surface area contributed by atoms with E-state index in [4.69, 9.17) is 86.3 Å². The number of rotatable bonds is 16. The molecule has 0 amide bonds. The van der Waals surface area contributed by atoms with Gasteiger partial charge in [-0.15, -0.1) is 17.0 Å². The molecule has 20 nitrogen and oxygen atoms in total. The number of hydrogen-bond donors (Lipinski definition) is 8. The van der Waals surface area contributed by atoms with Gasteiger partial charge in [0.15, 0.2) is 33.6 Å². The molecule has 14 aromatic rings. The van der Waals surface area contributed by atoms with E-state index < -0.39 is 0 Å². The molecule has 0 aliphatic heterocycles. The van der Waals surface area contributed by atoms with E-state index in [9.17, 15) is 0 Å². The van der Waals surface area contributed by atoms with Gasteiger partial charge >= 0.3 is 0 Å². The first-order chi connectivity index (χ1) is 45.0. The Morgan fingerprint density at radius 2 is 0.419 bits per heavy atom. The van der Waals surface area contributed by atoms with E-state index in [1.54, 1.807) is 0 Å². The molecule has 93 heavy (non-hydrogen) atoms. The topological polar surface area (TPSA) is 251 Å². The van der Waals surface area contributed by atoms with Gasteiger partial charge in [-0.05, 0) is 145 Å². The fourth-order valence-corrected chi connectivity index (χ4v) is 10.1. The lowest BCUT2D eigenvalue weighted by Gasteiger charge is -2.16. The van der Waals surface area contributed by atoms with Crippen molar-refractivity contribution in [2.24, 2.45) is 0 Å². The molecule has 6 aromatic heterocycles. The lowest BCUT2D eigenvalue weighted by atomic mass is 10.3. The van der Waals surface area contributed by atoms with Crippen molar-refractivity contribution < 1.29 is 0 Å². The third-order valence-electron chi connectivity index (χ3n) is 12.9. The number of benzene rings is 8. The van der Waals surface area contributed by atoms with Crippen LogP contribution in [0.2, 0.25) is 20.9 Å². The highest BCUT2D eigenvalue weighted by Crippen LogP contribution is 2.35. The van der Waals surface area contributed by atoms with Crippen LogP contribution >= 0.6 is 95.2 Å². The van der Waals surface area contributed by atoms with E-state index in [1.165, 1.54) is 0 Å². The predicted molar refractivity (Wildman–Crippen MR) is 389 cm³/mol. The molecule has 8 N–H and O–H groups in total. The van der Waals surface area contributed by atoms with Crippen LogP contribution in [-0.4, -0.2) is 59.8 Å². The van der Waals surface area contributed by atoms with Crippen LogP contribution in [0.5, 0.6) is 0 Å². The third-order valence-corrected chi connectivity index (χ3v) is 14.8. The van der Waals surface area contributed by atoms with E-state index in [0.29, 0.717) is 69.1 Å². The number of fused-ring (bicyclic) bond motifs is 3. The zero-order valence-corrected chi connectivity index (χ0v) is 55.9. The van der Waals surface area contributed by atoms with Crippen LogP contribution in [0.25, 0.3) is 33.1 Å². The van der Waals surface area contributed by atoms with Crippen molar-refractivity contribution >= 4 is 221 Å². The Labute approximate surface area is 579 Å². The summed E-state index contributed by atoms with van der Waals surface area (Å²) in [7, 11) is 0. The van der Waals surface area contributed by atoms with Crippen molar-refractivity contribution in [3.05, 3.63) is 260 Å². The normalized spacial score (nSPS) is 10.6. The first-order valence-corrected chi connectivity index (χ1v) is 31.0. The average Bonchev–Trinajstić information content (AvgIpc) is 0.844. The molecule has 0 unspecified atom stereocenters. The van der Waals surface area contributed by atoms with Gasteiger partial charge in [-0.3, -0.25) is 0 Å². The molecular formula is C66H47Br3Cl4N20. The highest BCUT2D eigenvalue weighted by molar-refractivity contribution is 9.10. The molecule has 0 bridgehead atoms. The smallest absolute Gasteiger partial charge is 0.230 e. The van der Waals surface area contributed by atoms with Gasteiger partial charge in [-0.2, -0.15) is 19.9 Å². The Kier molecular flexibility index (Phi) is 21.4. The highest BCUT2D eigenvalue weighted by atomic mass is 79.9. The molecule has 460 valence electrons. The van der Waals surface area contributed by atoms with Gasteiger partial charge in [0, 0.05) is 54.4 Å². The van der Waals surface area contributed by atoms with Gasteiger partial charge in [0.1, 0.15) is 33.1 Å². The fourth-order valence-electron chi connectivity index (χ4n) is 8.76. The van der Waals surface area contributed by atoms with E-state index in [2.05, 4.69) is 94.3 Å². The van der Waals surface area contributed by atoms with E-state index >= 15 is 0 Å². The second kappa shape index (κ2) is 30.9. The van der Waals surface area contributed by atoms with Crippen molar-refractivity contribution in [1.82, 2.24) is 59.8 Å². The number of aromatic nitrogens is 12. The molecule has 27 heteroatoms. The SMILES string of the molecule is Br.Brc1ccc(Nc2nc(Nc3ccccc3)c3nc(Nc4ccc(Br)cc4)nc(Nc4ccccc4)c3n2)cc1.Clc1nc(Cl)c2nc(Cl)nc(Cl)c2n1.c1ccc(Nc2nc(Nc3ccccc3)c3nc(Nc4ccccc4)nc(Nc4ccccc4)c3n2)cc1. The Morgan fingerprint density at radius 3 is 0.645 bits per heavy atom. The van der Waals surface area contributed by atoms with Crippen LogP contribution in [0, 0.1) is 0 Å². The minimum Gasteiger partial charge on any atom is -0.338 e. The van der Waals surface area contributed by atoms with Gasteiger partial charge in [0.2, 0.25) is 34.4 Å². The minimum atomic E-state index is -0.0182. The summed E-state index contributed by atoms with van der Waals surface area (Å²) in [5, 5.41) is 27.1. The molecule has 0 aliphatic carbocycles. The molecule has 8 aromatic carbocycles. The lowest BCUT2D eigenvalue weighted by molar-refractivity contribution is 1.15. The van der Waals surface area contributed by atoms with Crippen LogP contribution in [-0.2, 0) is 0 Å². The summed E-state index contributed by atoms with van der Waals surface area (Å²) < 4.78 is 1.97. The molecule has 14 rings (SSSR count). The number of halogens is 7. The monoisotopic (exact) mass is 1500 g/mol. The van der Waals surface area contributed by atoms with Crippen molar-refractivity contribution in [1.29, 1.82) is 0 Å². The van der Waals surface area contributed by atoms with Crippen molar-refractivity contribution in [2.75, 3.05) is 42.5 Å². The zero-order valence-electron chi connectivity index (χ0n) is 48.0. The summed E-state index contributed by atoms with van der Waals surface area (Å²) in [4.78, 5) is 53.7. The zero-order chi connectivity index (χ0) is 63.2. The van der Waals surface area contributed by atoms with Gasteiger partial charge in [0.25, 0.3) is 0 Å². The summed E-state index contributed by atoms with van der Waals surface area (Å²) in [6, 6.07) is 74.6. The number of nitrogens with zero attached hydrogens (tertiary/aromatic N) is 12. The van der Waals surface area contributed by atoms with Crippen molar-refractivity contribution in [2.45, 2.75) is 0 Å². The maximum Gasteiger partial charge on any atom is 0.230 e. The molecule has 6 heterocycles. The third kappa shape index (κ3) is 17.3. The molecule has 0 radical (unpaired) electrons. The minimum absolute atomic E-state index is 0. The van der Waals surface area contributed by atoms with Crippen LogP contribution in [0.1, 0.15) is 0 Å². The van der Waals surface area contributed by atoms with E-state index in [-0.39, 0.29) is 48.9 Å². The summed E-state index contributed by atoms with van der Waals surface area (Å²) in [6.07, 6.45) is 0. The number of nitrogens with one attached hydrogen (secondary N) is 8. The molecule has 0 aliphatic rings. The Bertz CT molecular complexity index is 4520. The largest absolute Gasteiger partial charge is 0.338 e. The predicted octanol–water partition coefficient (Wildman–Crippen LogP) is 19.9. The average molecular weight is 1500 g/mol. The highest BCUT2D eigenvalue weighted by Gasteiger charge is 2.20. The Hall–Kier alpha value is -9.98. The van der Waals surface area contributed by atoms with Crippen LogP contribution in [0.4, 0.5) is 92.6 Å². The molecule has 0 atom stereocenters. The maximum atomic E-state index is 5.76. The first kappa shape index (κ1) is 64.5. The second-order valence-corrected chi connectivity index (χ2v) is 22.7. The molecule has 0 saturated heterocycles.